The smallest absolute Gasteiger partial charge is 0.330 e. The predicted molar refractivity (Wildman–Crippen MR) is 97.1 cm³/mol. The summed E-state index contributed by atoms with van der Waals surface area (Å²) in [5.41, 5.74) is 3.13. The van der Waals surface area contributed by atoms with Crippen molar-refractivity contribution in [1.82, 2.24) is 0 Å². The lowest BCUT2D eigenvalue weighted by Gasteiger charge is -2.06. The molecule has 0 spiro atoms. The van der Waals surface area contributed by atoms with Crippen molar-refractivity contribution in [3.63, 3.8) is 0 Å². The van der Waals surface area contributed by atoms with Gasteiger partial charge in [0.05, 0.1) is 7.11 Å². The Labute approximate surface area is 144 Å². The molecule has 0 atom stereocenters. The van der Waals surface area contributed by atoms with Crippen LogP contribution in [0.3, 0.4) is 0 Å². The molecule has 4 nitrogen and oxygen atoms in total. The molecule has 0 aliphatic heterocycles. The van der Waals surface area contributed by atoms with Crippen molar-refractivity contribution in [3.8, 4) is 11.5 Å². The summed E-state index contributed by atoms with van der Waals surface area (Å²) >= 11 is 0. The highest BCUT2D eigenvalue weighted by atomic mass is 16.5. The monoisotopic (exact) mass is 330 g/mol. The van der Waals surface area contributed by atoms with Gasteiger partial charge in [0.2, 0.25) is 0 Å². The average molecular weight is 330 g/mol. The Morgan fingerprint density at radius 2 is 1.96 bits per heavy atom. The van der Waals surface area contributed by atoms with Crippen LogP contribution in [0.15, 0.2) is 47.6 Å². The number of carbonyl (C=O) groups excluding carboxylic acids is 1. The first-order chi connectivity index (χ1) is 11.4. The van der Waals surface area contributed by atoms with Gasteiger partial charge < -0.3 is 14.6 Å². The van der Waals surface area contributed by atoms with Crippen molar-refractivity contribution in [2.75, 3.05) is 13.7 Å². The molecule has 24 heavy (non-hydrogen) atoms. The van der Waals surface area contributed by atoms with E-state index in [1.807, 2.05) is 6.08 Å². The zero-order chi connectivity index (χ0) is 17.9. The lowest BCUT2D eigenvalue weighted by molar-refractivity contribution is -0.134. The summed E-state index contributed by atoms with van der Waals surface area (Å²) in [6.45, 7) is 6.73. The summed E-state index contributed by atoms with van der Waals surface area (Å²) < 4.78 is 10.1. The van der Waals surface area contributed by atoms with E-state index >= 15 is 0 Å². The van der Waals surface area contributed by atoms with Crippen LogP contribution in [-0.2, 0) is 9.53 Å². The highest BCUT2D eigenvalue weighted by molar-refractivity contribution is 5.87. The molecule has 1 aromatic carbocycles. The third-order valence-corrected chi connectivity index (χ3v) is 3.38. The summed E-state index contributed by atoms with van der Waals surface area (Å²) in [5, 5.41) is 9.95. The second-order valence-corrected chi connectivity index (χ2v) is 5.76. The fourth-order valence-electron chi connectivity index (χ4n) is 1.95. The molecule has 130 valence electrons. The average Bonchev–Trinajstić information content (AvgIpc) is 2.53. The predicted octanol–water partition coefficient (Wildman–Crippen LogP) is 4.65. The van der Waals surface area contributed by atoms with E-state index in [-0.39, 0.29) is 5.75 Å². The molecule has 1 aromatic rings. The molecular formula is C20H26O4. The molecule has 0 fully saturated rings. The molecule has 0 unspecified atom stereocenters. The number of esters is 1. The molecule has 0 amide bonds. The Bertz CT molecular complexity index is 635. The zero-order valence-electron chi connectivity index (χ0n) is 14.8. The largest absolute Gasteiger partial charge is 0.507 e. The first-order valence-corrected chi connectivity index (χ1v) is 7.93. The Kier molecular flexibility index (Phi) is 8.41. The van der Waals surface area contributed by atoms with Gasteiger partial charge in [0.1, 0.15) is 18.1 Å². The van der Waals surface area contributed by atoms with Gasteiger partial charge in [-0.15, -0.1) is 0 Å². The van der Waals surface area contributed by atoms with Crippen molar-refractivity contribution in [2.45, 2.75) is 33.6 Å². The minimum Gasteiger partial charge on any atom is -0.507 e. The molecule has 0 radical (unpaired) electrons. The van der Waals surface area contributed by atoms with Gasteiger partial charge in [-0.05, 0) is 57.9 Å². The van der Waals surface area contributed by atoms with Gasteiger partial charge in [0.15, 0.2) is 0 Å². The van der Waals surface area contributed by atoms with Crippen LogP contribution in [0.5, 0.6) is 11.5 Å². The van der Waals surface area contributed by atoms with Gasteiger partial charge in [-0.3, -0.25) is 0 Å². The number of methoxy groups -OCH3 is 1. The molecule has 1 N–H and O–H groups in total. The van der Waals surface area contributed by atoms with Gasteiger partial charge in [0.25, 0.3) is 0 Å². The maximum absolute atomic E-state index is 11.1. The maximum Gasteiger partial charge on any atom is 0.330 e. The molecule has 0 saturated carbocycles. The molecule has 0 saturated heterocycles. The van der Waals surface area contributed by atoms with Crippen LogP contribution in [0, 0.1) is 0 Å². The van der Waals surface area contributed by atoms with Crippen molar-refractivity contribution < 1.29 is 19.4 Å². The second kappa shape index (κ2) is 10.3. The topological polar surface area (TPSA) is 55.8 Å². The lowest BCUT2D eigenvalue weighted by atomic mass is 10.1. The number of hydrogen-bond donors (Lipinski definition) is 1. The van der Waals surface area contributed by atoms with E-state index < -0.39 is 5.97 Å². The highest BCUT2D eigenvalue weighted by Gasteiger charge is 2.02. The molecular weight excluding hydrogens is 304 g/mol. The van der Waals surface area contributed by atoms with E-state index in [0.29, 0.717) is 17.9 Å². The Balaban J connectivity index is 2.54. The standard InChI is InChI=1S/C20H26O4/c1-15(2)6-5-7-16(3)12-13-24-18-10-8-17(19(21)14-18)9-11-20(22)23-4/h6,8-12,14,21H,5,7,13H2,1-4H3/b11-9+,16-12+. The summed E-state index contributed by atoms with van der Waals surface area (Å²) in [6, 6.07) is 4.97. The first kappa shape index (κ1) is 19.6. The minimum absolute atomic E-state index is 0.0527. The fraction of sp³-hybridized carbons (Fsp3) is 0.350. The van der Waals surface area contributed by atoms with Crippen molar-refractivity contribution in [2.24, 2.45) is 0 Å². The van der Waals surface area contributed by atoms with Crippen LogP contribution in [-0.4, -0.2) is 24.8 Å². The molecule has 1 rings (SSSR count). The fourth-order valence-corrected chi connectivity index (χ4v) is 1.95. The number of phenols is 1. The maximum atomic E-state index is 11.1. The van der Waals surface area contributed by atoms with E-state index in [9.17, 15) is 9.90 Å². The Morgan fingerprint density at radius 3 is 2.58 bits per heavy atom. The van der Waals surface area contributed by atoms with Crippen LogP contribution in [0.4, 0.5) is 0 Å². The van der Waals surface area contributed by atoms with Gasteiger partial charge in [0, 0.05) is 17.7 Å². The minimum atomic E-state index is -0.469. The number of phenolic OH excluding ortho intramolecular Hbond substituents is 1. The number of benzene rings is 1. The molecule has 4 heteroatoms. The van der Waals surface area contributed by atoms with Crippen molar-refractivity contribution in [1.29, 1.82) is 0 Å². The van der Waals surface area contributed by atoms with Crippen molar-refractivity contribution >= 4 is 12.0 Å². The third kappa shape index (κ3) is 7.68. The van der Waals surface area contributed by atoms with Gasteiger partial charge in [-0.2, -0.15) is 0 Å². The number of ether oxygens (including phenoxy) is 2. The highest BCUT2D eigenvalue weighted by Crippen LogP contribution is 2.24. The molecule has 0 bridgehead atoms. The number of carbonyl (C=O) groups is 1. The quantitative estimate of drug-likeness (QED) is 0.428. The van der Waals surface area contributed by atoms with E-state index in [4.69, 9.17) is 4.74 Å². The zero-order valence-corrected chi connectivity index (χ0v) is 14.8. The number of hydrogen-bond acceptors (Lipinski definition) is 4. The van der Waals surface area contributed by atoms with Crippen LogP contribution < -0.4 is 4.74 Å². The van der Waals surface area contributed by atoms with Crippen LogP contribution in [0.25, 0.3) is 6.08 Å². The Hall–Kier alpha value is -2.49. The van der Waals surface area contributed by atoms with Crippen molar-refractivity contribution in [3.05, 3.63) is 53.1 Å². The summed E-state index contributed by atoms with van der Waals surface area (Å²) in [7, 11) is 1.30. The molecule has 0 aromatic heterocycles. The normalized spacial score (nSPS) is 11.4. The van der Waals surface area contributed by atoms with Gasteiger partial charge in [-0.1, -0.05) is 17.2 Å². The van der Waals surface area contributed by atoms with E-state index in [1.165, 1.54) is 36.5 Å². The van der Waals surface area contributed by atoms with Gasteiger partial charge >= 0.3 is 5.97 Å². The summed E-state index contributed by atoms with van der Waals surface area (Å²) in [5.74, 6) is 0.163. The van der Waals surface area contributed by atoms with Gasteiger partial charge in [-0.25, -0.2) is 4.79 Å². The lowest BCUT2D eigenvalue weighted by Crippen LogP contribution is -1.95. The Morgan fingerprint density at radius 1 is 1.21 bits per heavy atom. The van der Waals surface area contributed by atoms with E-state index in [1.54, 1.807) is 12.1 Å². The SMILES string of the molecule is COC(=O)/C=C/c1ccc(OC/C=C(\C)CCC=C(C)C)cc1O. The number of aromatic hydroxyl groups is 1. The molecule has 0 heterocycles. The number of allylic oxidation sites excluding steroid dienone is 3. The summed E-state index contributed by atoms with van der Waals surface area (Å²) in [4.78, 5) is 11.1. The second-order valence-electron chi connectivity index (χ2n) is 5.76. The van der Waals surface area contributed by atoms with E-state index in [2.05, 4.69) is 31.6 Å². The molecule has 0 aliphatic rings. The van der Waals surface area contributed by atoms with Crippen LogP contribution in [0.2, 0.25) is 0 Å². The number of rotatable bonds is 8. The van der Waals surface area contributed by atoms with Crippen LogP contribution in [0.1, 0.15) is 39.2 Å². The van der Waals surface area contributed by atoms with Crippen LogP contribution >= 0.6 is 0 Å². The molecule has 0 aliphatic carbocycles. The first-order valence-electron chi connectivity index (χ1n) is 7.93. The third-order valence-electron chi connectivity index (χ3n) is 3.38. The summed E-state index contributed by atoms with van der Waals surface area (Å²) in [6.07, 6.45) is 9.06. The van der Waals surface area contributed by atoms with E-state index in [0.717, 1.165) is 12.8 Å².